The molecule has 0 radical (unpaired) electrons. The molecule has 3 heterocycles. The van der Waals surface area contributed by atoms with Gasteiger partial charge in [-0.2, -0.15) is 0 Å². The zero-order chi connectivity index (χ0) is 21.5. The lowest BCUT2D eigenvalue weighted by atomic mass is 10.1. The Kier molecular flexibility index (Phi) is 5.00. The van der Waals surface area contributed by atoms with Crippen molar-refractivity contribution in [2.75, 3.05) is 42.6 Å². The summed E-state index contributed by atoms with van der Waals surface area (Å²) < 4.78 is 19.8. The predicted octanol–water partition coefficient (Wildman–Crippen LogP) is 3.41. The number of piperazine rings is 1. The van der Waals surface area contributed by atoms with Crippen LogP contribution in [0.2, 0.25) is 0 Å². The van der Waals surface area contributed by atoms with E-state index in [9.17, 15) is 14.0 Å². The lowest BCUT2D eigenvalue weighted by Gasteiger charge is -2.35. The van der Waals surface area contributed by atoms with Crippen LogP contribution < -0.4 is 9.80 Å². The highest BCUT2D eigenvalue weighted by Gasteiger charge is 2.32. The Morgan fingerprint density at radius 2 is 1.90 bits per heavy atom. The second kappa shape index (κ2) is 7.83. The first-order valence-electron chi connectivity index (χ1n) is 10.8. The third-order valence-electron chi connectivity index (χ3n) is 6.26. The minimum absolute atomic E-state index is 0.0179. The standard InChI is InChI=1S/C23H25FN4O3/c1-15-14-31-23(30)28(15)18-5-6-19(20(24)12-18)22(29)27-10-8-26(9-11-27)21-7-4-17(13-25-21)16-2-3-16/h4-7,12-13,15-16H,2-3,8-11,14H2,1H3/t15-/m1/s1. The topological polar surface area (TPSA) is 66.0 Å². The fourth-order valence-corrected chi connectivity index (χ4v) is 4.25. The van der Waals surface area contributed by atoms with Gasteiger partial charge in [-0.1, -0.05) is 6.07 Å². The Hall–Kier alpha value is -3.16. The number of ether oxygens (including phenoxy) is 1. The van der Waals surface area contributed by atoms with Crippen LogP contribution in [0.5, 0.6) is 0 Å². The number of benzene rings is 1. The maximum absolute atomic E-state index is 14.8. The van der Waals surface area contributed by atoms with Gasteiger partial charge in [0, 0.05) is 32.4 Å². The molecule has 0 unspecified atom stereocenters. The highest BCUT2D eigenvalue weighted by atomic mass is 19.1. The Morgan fingerprint density at radius 3 is 2.48 bits per heavy atom. The first-order valence-corrected chi connectivity index (χ1v) is 10.8. The maximum Gasteiger partial charge on any atom is 0.414 e. The van der Waals surface area contributed by atoms with Crippen LogP contribution in [0.3, 0.4) is 0 Å². The quantitative estimate of drug-likeness (QED) is 0.753. The molecule has 7 nitrogen and oxygen atoms in total. The van der Waals surface area contributed by atoms with Gasteiger partial charge in [0.25, 0.3) is 5.91 Å². The number of rotatable bonds is 4. The third kappa shape index (κ3) is 3.82. The number of carbonyl (C=O) groups is 2. The molecule has 8 heteroatoms. The largest absolute Gasteiger partial charge is 0.447 e. The SMILES string of the molecule is C[C@@H]1COC(=O)N1c1ccc(C(=O)N2CCN(c3ccc(C4CC4)cn3)CC2)c(F)c1. The van der Waals surface area contributed by atoms with Crippen LogP contribution in [-0.4, -0.2) is 60.7 Å². The van der Waals surface area contributed by atoms with Gasteiger partial charge in [0.05, 0.1) is 17.3 Å². The molecule has 1 atom stereocenters. The summed E-state index contributed by atoms with van der Waals surface area (Å²) in [5.41, 5.74) is 1.71. The summed E-state index contributed by atoms with van der Waals surface area (Å²) in [5, 5.41) is 0. The molecule has 2 aliphatic heterocycles. The number of hydrogen-bond acceptors (Lipinski definition) is 5. The molecular formula is C23H25FN4O3. The van der Waals surface area contributed by atoms with Crippen LogP contribution >= 0.6 is 0 Å². The van der Waals surface area contributed by atoms with Gasteiger partial charge in [0.15, 0.2) is 0 Å². The van der Waals surface area contributed by atoms with E-state index in [1.165, 1.54) is 35.4 Å². The van der Waals surface area contributed by atoms with Crippen LogP contribution in [0.1, 0.15) is 41.6 Å². The number of halogens is 1. The van der Waals surface area contributed by atoms with Crippen molar-refractivity contribution in [3.63, 3.8) is 0 Å². The molecule has 2 amide bonds. The van der Waals surface area contributed by atoms with E-state index in [2.05, 4.69) is 16.0 Å². The molecule has 162 valence electrons. The minimum Gasteiger partial charge on any atom is -0.447 e. The molecule has 0 spiro atoms. The van der Waals surface area contributed by atoms with Crippen molar-refractivity contribution >= 4 is 23.5 Å². The highest BCUT2D eigenvalue weighted by Crippen LogP contribution is 2.39. The molecule has 3 aliphatic rings. The second-order valence-corrected chi connectivity index (χ2v) is 8.46. The third-order valence-corrected chi connectivity index (χ3v) is 6.26. The maximum atomic E-state index is 14.8. The molecule has 1 saturated carbocycles. The number of hydrogen-bond donors (Lipinski definition) is 0. The van der Waals surface area contributed by atoms with Gasteiger partial charge in [0.2, 0.25) is 0 Å². The fourth-order valence-electron chi connectivity index (χ4n) is 4.25. The molecule has 2 aromatic rings. The Labute approximate surface area is 180 Å². The molecule has 2 saturated heterocycles. The first kappa shape index (κ1) is 19.8. The lowest BCUT2D eigenvalue weighted by molar-refractivity contribution is 0.0742. The molecule has 5 rings (SSSR count). The number of nitrogens with zero attached hydrogens (tertiary/aromatic N) is 4. The Balaban J connectivity index is 1.23. The van der Waals surface area contributed by atoms with Gasteiger partial charge in [-0.3, -0.25) is 9.69 Å². The molecule has 1 aliphatic carbocycles. The van der Waals surface area contributed by atoms with E-state index in [4.69, 9.17) is 4.74 Å². The minimum atomic E-state index is -0.630. The van der Waals surface area contributed by atoms with Gasteiger partial charge in [-0.15, -0.1) is 0 Å². The lowest BCUT2D eigenvalue weighted by Crippen LogP contribution is -2.49. The second-order valence-electron chi connectivity index (χ2n) is 8.46. The molecule has 1 aromatic heterocycles. The van der Waals surface area contributed by atoms with Crippen LogP contribution in [0.15, 0.2) is 36.5 Å². The van der Waals surface area contributed by atoms with Crippen molar-refractivity contribution in [3.05, 3.63) is 53.5 Å². The van der Waals surface area contributed by atoms with E-state index >= 15 is 0 Å². The van der Waals surface area contributed by atoms with Crippen LogP contribution in [0.4, 0.5) is 20.7 Å². The van der Waals surface area contributed by atoms with Crippen molar-refractivity contribution in [1.82, 2.24) is 9.88 Å². The molecule has 0 N–H and O–H groups in total. The van der Waals surface area contributed by atoms with E-state index in [1.54, 1.807) is 11.0 Å². The molecule has 1 aromatic carbocycles. The number of carbonyl (C=O) groups excluding carboxylic acids is 2. The molecule has 3 fully saturated rings. The van der Waals surface area contributed by atoms with E-state index in [-0.39, 0.29) is 24.1 Å². The van der Waals surface area contributed by atoms with Crippen LogP contribution in [-0.2, 0) is 4.74 Å². The summed E-state index contributed by atoms with van der Waals surface area (Å²) in [6.45, 7) is 4.40. The monoisotopic (exact) mass is 424 g/mol. The zero-order valence-corrected chi connectivity index (χ0v) is 17.5. The van der Waals surface area contributed by atoms with Crippen molar-refractivity contribution in [2.45, 2.75) is 31.7 Å². The summed E-state index contributed by atoms with van der Waals surface area (Å²) in [6, 6.07) is 8.31. The number of pyridine rings is 1. The van der Waals surface area contributed by atoms with Gasteiger partial charge in [0.1, 0.15) is 18.2 Å². The predicted molar refractivity (Wildman–Crippen MR) is 114 cm³/mol. The van der Waals surface area contributed by atoms with E-state index in [0.29, 0.717) is 37.8 Å². The molecular weight excluding hydrogens is 399 g/mol. The zero-order valence-electron chi connectivity index (χ0n) is 17.5. The molecule has 31 heavy (non-hydrogen) atoms. The number of amides is 2. The van der Waals surface area contributed by atoms with Crippen molar-refractivity contribution in [1.29, 1.82) is 0 Å². The summed E-state index contributed by atoms with van der Waals surface area (Å²) in [4.78, 5) is 34.6. The van der Waals surface area contributed by atoms with Crippen LogP contribution in [0, 0.1) is 5.82 Å². The van der Waals surface area contributed by atoms with Crippen molar-refractivity contribution in [3.8, 4) is 0 Å². The van der Waals surface area contributed by atoms with Gasteiger partial charge < -0.3 is 14.5 Å². The normalized spacial score (nSPS) is 21.4. The summed E-state index contributed by atoms with van der Waals surface area (Å²) in [5.74, 6) is 0.627. The Bertz CT molecular complexity index is 1000. The average molecular weight is 424 g/mol. The summed E-state index contributed by atoms with van der Waals surface area (Å²) in [7, 11) is 0. The van der Waals surface area contributed by atoms with Gasteiger partial charge >= 0.3 is 6.09 Å². The van der Waals surface area contributed by atoms with Crippen molar-refractivity contribution < 1.29 is 18.7 Å². The van der Waals surface area contributed by atoms with Crippen molar-refractivity contribution in [2.24, 2.45) is 0 Å². The molecule has 0 bridgehead atoms. The number of anilines is 2. The van der Waals surface area contributed by atoms with Gasteiger partial charge in [-0.25, -0.2) is 14.2 Å². The summed E-state index contributed by atoms with van der Waals surface area (Å²) in [6.07, 6.45) is 3.96. The number of cyclic esters (lactones) is 1. The van der Waals surface area contributed by atoms with E-state index in [1.807, 2.05) is 19.2 Å². The average Bonchev–Trinajstić information content (AvgIpc) is 3.58. The number of aromatic nitrogens is 1. The smallest absolute Gasteiger partial charge is 0.414 e. The van der Waals surface area contributed by atoms with E-state index < -0.39 is 11.9 Å². The summed E-state index contributed by atoms with van der Waals surface area (Å²) >= 11 is 0. The fraction of sp³-hybridized carbons (Fsp3) is 0.435. The first-order chi connectivity index (χ1) is 15.0. The Morgan fingerprint density at radius 1 is 1.13 bits per heavy atom. The van der Waals surface area contributed by atoms with Gasteiger partial charge in [-0.05, 0) is 55.5 Å². The van der Waals surface area contributed by atoms with Crippen LogP contribution in [0.25, 0.3) is 0 Å². The highest BCUT2D eigenvalue weighted by molar-refractivity contribution is 5.96. The van der Waals surface area contributed by atoms with E-state index in [0.717, 1.165) is 5.82 Å².